The van der Waals surface area contributed by atoms with E-state index >= 15 is 0 Å². The van der Waals surface area contributed by atoms with E-state index < -0.39 is 11.4 Å². The fourth-order valence-corrected chi connectivity index (χ4v) is 1.60. The molecule has 5 heteroatoms. The lowest BCUT2D eigenvalue weighted by atomic mass is 9.93. The third-order valence-electron chi connectivity index (χ3n) is 3.27. The molecule has 1 aromatic carbocycles. The van der Waals surface area contributed by atoms with E-state index in [2.05, 4.69) is 5.32 Å². The monoisotopic (exact) mass is 279 g/mol. The summed E-state index contributed by atoms with van der Waals surface area (Å²) in [5, 5.41) is 11.7. The highest BCUT2D eigenvalue weighted by atomic mass is 16.5. The highest BCUT2D eigenvalue weighted by Gasteiger charge is 2.28. The Hall–Kier alpha value is -2.04. The van der Waals surface area contributed by atoms with Gasteiger partial charge in [0.1, 0.15) is 5.75 Å². The smallest absolute Gasteiger partial charge is 0.310 e. The number of benzene rings is 1. The van der Waals surface area contributed by atoms with Crippen LogP contribution in [-0.2, 0) is 9.59 Å². The van der Waals surface area contributed by atoms with E-state index in [1.54, 1.807) is 33.9 Å². The first-order chi connectivity index (χ1) is 9.27. The van der Waals surface area contributed by atoms with Crippen LogP contribution in [0.4, 0.5) is 0 Å². The molecule has 0 aromatic heterocycles. The molecule has 2 N–H and O–H groups in total. The molecule has 1 unspecified atom stereocenters. The van der Waals surface area contributed by atoms with E-state index in [-0.39, 0.29) is 18.4 Å². The number of methoxy groups -OCH3 is 1. The Kier molecular flexibility index (Phi) is 5.13. The summed E-state index contributed by atoms with van der Waals surface area (Å²) < 4.78 is 5.12. The lowest BCUT2D eigenvalue weighted by Gasteiger charge is -2.21. The Balaban J connectivity index is 2.70. The molecule has 0 bridgehead atoms. The molecule has 0 radical (unpaired) electrons. The first-order valence-electron chi connectivity index (χ1n) is 6.43. The lowest BCUT2D eigenvalue weighted by molar-refractivity contribution is -0.146. The largest absolute Gasteiger partial charge is 0.497 e. The second-order valence-electron chi connectivity index (χ2n) is 5.41. The van der Waals surface area contributed by atoms with Gasteiger partial charge >= 0.3 is 5.97 Å². The van der Waals surface area contributed by atoms with E-state index in [1.165, 1.54) is 0 Å². The molecule has 0 aliphatic rings. The standard InChI is InChI=1S/C15H21NO4/c1-10(11-6-5-7-12(8-11)20-4)13(17)16-9-15(2,3)14(18)19/h5-8,10H,9H2,1-4H3,(H,16,17)(H,18,19). The molecular formula is C15H21NO4. The van der Waals surface area contributed by atoms with Gasteiger partial charge in [0.05, 0.1) is 18.4 Å². The van der Waals surface area contributed by atoms with Crippen LogP contribution in [0.1, 0.15) is 32.3 Å². The predicted molar refractivity (Wildman–Crippen MR) is 75.8 cm³/mol. The molecule has 0 saturated carbocycles. The summed E-state index contributed by atoms with van der Waals surface area (Å²) in [4.78, 5) is 23.1. The highest BCUT2D eigenvalue weighted by Crippen LogP contribution is 2.21. The third kappa shape index (κ3) is 3.98. The minimum atomic E-state index is -0.982. The third-order valence-corrected chi connectivity index (χ3v) is 3.27. The minimum Gasteiger partial charge on any atom is -0.497 e. The molecule has 0 saturated heterocycles. The number of ether oxygens (including phenoxy) is 1. The summed E-state index contributed by atoms with van der Waals surface area (Å²) in [5.41, 5.74) is -0.154. The summed E-state index contributed by atoms with van der Waals surface area (Å²) in [7, 11) is 1.57. The van der Waals surface area contributed by atoms with Crippen molar-refractivity contribution in [1.29, 1.82) is 0 Å². The Morgan fingerprint density at radius 1 is 1.40 bits per heavy atom. The van der Waals surface area contributed by atoms with Crippen LogP contribution < -0.4 is 10.1 Å². The van der Waals surface area contributed by atoms with E-state index in [0.717, 1.165) is 5.56 Å². The van der Waals surface area contributed by atoms with Crippen molar-refractivity contribution in [2.45, 2.75) is 26.7 Å². The van der Waals surface area contributed by atoms with Gasteiger partial charge in [-0.2, -0.15) is 0 Å². The fraction of sp³-hybridized carbons (Fsp3) is 0.467. The molecular weight excluding hydrogens is 258 g/mol. The number of aliphatic carboxylic acids is 1. The molecule has 1 atom stereocenters. The van der Waals surface area contributed by atoms with Gasteiger partial charge in [0.25, 0.3) is 0 Å². The van der Waals surface area contributed by atoms with Gasteiger partial charge in [-0.1, -0.05) is 12.1 Å². The summed E-state index contributed by atoms with van der Waals surface area (Å²) in [5.74, 6) is -0.817. The van der Waals surface area contributed by atoms with Crippen molar-refractivity contribution >= 4 is 11.9 Å². The summed E-state index contributed by atoms with van der Waals surface area (Å²) in [6, 6.07) is 7.27. The number of carbonyl (C=O) groups excluding carboxylic acids is 1. The van der Waals surface area contributed by atoms with Crippen LogP contribution >= 0.6 is 0 Å². The number of hydrogen-bond donors (Lipinski definition) is 2. The van der Waals surface area contributed by atoms with Gasteiger partial charge in [-0.25, -0.2) is 0 Å². The second kappa shape index (κ2) is 6.41. The number of nitrogens with one attached hydrogen (secondary N) is 1. The predicted octanol–water partition coefficient (Wildman–Crippen LogP) is 2.03. The summed E-state index contributed by atoms with van der Waals surface area (Å²) in [6.07, 6.45) is 0. The van der Waals surface area contributed by atoms with Crippen LogP contribution in [0, 0.1) is 5.41 Å². The van der Waals surface area contributed by atoms with Gasteiger partial charge in [-0.05, 0) is 38.5 Å². The Bertz CT molecular complexity index is 496. The lowest BCUT2D eigenvalue weighted by Crippen LogP contribution is -2.40. The van der Waals surface area contributed by atoms with Gasteiger partial charge < -0.3 is 15.2 Å². The molecule has 1 aromatic rings. The first kappa shape index (κ1) is 16.0. The molecule has 110 valence electrons. The number of hydrogen-bond acceptors (Lipinski definition) is 3. The van der Waals surface area contributed by atoms with Gasteiger partial charge in [0, 0.05) is 6.54 Å². The van der Waals surface area contributed by atoms with Crippen molar-refractivity contribution in [3.05, 3.63) is 29.8 Å². The quantitative estimate of drug-likeness (QED) is 0.835. The molecule has 1 amide bonds. The molecule has 0 fully saturated rings. The van der Waals surface area contributed by atoms with Crippen molar-refractivity contribution in [3.63, 3.8) is 0 Å². The van der Waals surface area contributed by atoms with Gasteiger partial charge in [0.15, 0.2) is 0 Å². The van der Waals surface area contributed by atoms with Gasteiger partial charge in [-0.15, -0.1) is 0 Å². The highest BCUT2D eigenvalue weighted by molar-refractivity contribution is 5.84. The Labute approximate surface area is 118 Å². The number of carbonyl (C=O) groups is 2. The number of rotatable bonds is 6. The first-order valence-corrected chi connectivity index (χ1v) is 6.43. The average Bonchev–Trinajstić information content (AvgIpc) is 2.43. The topological polar surface area (TPSA) is 75.6 Å². The molecule has 0 heterocycles. The van der Waals surface area contributed by atoms with E-state index in [4.69, 9.17) is 9.84 Å². The van der Waals surface area contributed by atoms with Crippen molar-refractivity contribution in [1.82, 2.24) is 5.32 Å². The summed E-state index contributed by atoms with van der Waals surface area (Å²) >= 11 is 0. The maximum Gasteiger partial charge on any atom is 0.310 e. The summed E-state index contributed by atoms with van der Waals surface area (Å²) in [6.45, 7) is 5.02. The van der Waals surface area contributed by atoms with Crippen LogP contribution in [0.3, 0.4) is 0 Å². The van der Waals surface area contributed by atoms with Crippen molar-refractivity contribution in [2.75, 3.05) is 13.7 Å². The van der Waals surface area contributed by atoms with Gasteiger partial charge in [-0.3, -0.25) is 9.59 Å². The molecule has 1 rings (SSSR count). The fourth-order valence-electron chi connectivity index (χ4n) is 1.60. The second-order valence-corrected chi connectivity index (χ2v) is 5.41. The Morgan fingerprint density at radius 2 is 2.05 bits per heavy atom. The number of amides is 1. The van der Waals surface area contributed by atoms with E-state index in [0.29, 0.717) is 5.75 Å². The maximum absolute atomic E-state index is 12.1. The van der Waals surface area contributed by atoms with Crippen molar-refractivity contribution in [3.8, 4) is 5.75 Å². The molecule has 20 heavy (non-hydrogen) atoms. The normalized spacial score (nSPS) is 12.6. The zero-order valence-electron chi connectivity index (χ0n) is 12.3. The van der Waals surface area contributed by atoms with Crippen LogP contribution in [0.2, 0.25) is 0 Å². The van der Waals surface area contributed by atoms with E-state index in [9.17, 15) is 9.59 Å². The van der Waals surface area contributed by atoms with E-state index in [1.807, 2.05) is 18.2 Å². The number of carboxylic acid groups (broad SMARTS) is 1. The molecule has 0 aliphatic heterocycles. The van der Waals surface area contributed by atoms with Crippen LogP contribution in [0.5, 0.6) is 5.75 Å². The minimum absolute atomic E-state index is 0.0927. The Morgan fingerprint density at radius 3 is 2.60 bits per heavy atom. The average molecular weight is 279 g/mol. The molecule has 5 nitrogen and oxygen atoms in total. The van der Waals surface area contributed by atoms with Crippen LogP contribution in [-0.4, -0.2) is 30.6 Å². The SMILES string of the molecule is COc1cccc(C(C)C(=O)NCC(C)(C)C(=O)O)c1. The van der Waals surface area contributed by atoms with Crippen LogP contribution in [0.15, 0.2) is 24.3 Å². The maximum atomic E-state index is 12.1. The molecule has 0 aliphatic carbocycles. The number of carboxylic acids is 1. The molecule has 0 spiro atoms. The zero-order valence-corrected chi connectivity index (χ0v) is 12.3. The van der Waals surface area contributed by atoms with Crippen LogP contribution in [0.25, 0.3) is 0 Å². The van der Waals surface area contributed by atoms with Crippen molar-refractivity contribution in [2.24, 2.45) is 5.41 Å². The zero-order chi connectivity index (χ0) is 15.3. The van der Waals surface area contributed by atoms with Crippen molar-refractivity contribution < 1.29 is 19.4 Å². The van der Waals surface area contributed by atoms with Gasteiger partial charge in [0.2, 0.25) is 5.91 Å².